The van der Waals surface area contributed by atoms with Gasteiger partial charge >= 0.3 is 0 Å². The number of carbonyl (C=O) groups excluding carboxylic acids is 1. The molecule has 1 unspecified atom stereocenters. The van der Waals surface area contributed by atoms with Gasteiger partial charge in [0.15, 0.2) is 0 Å². The molecule has 0 aliphatic rings. The minimum Gasteiger partial charge on any atom is -0.323 e. The minimum absolute atomic E-state index is 0.0186. The highest BCUT2D eigenvalue weighted by Crippen LogP contribution is 2.10. The van der Waals surface area contributed by atoms with E-state index in [9.17, 15) is 4.79 Å². The molecule has 1 rings (SSSR count). The van der Waals surface area contributed by atoms with Crippen molar-refractivity contribution in [3.8, 4) is 0 Å². The van der Waals surface area contributed by atoms with Crippen LogP contribution in [-0.4, -0.2) is 53.2 Å². The Bertz CT molecular complexity index is 378. The number of likely N-dealkylation sites (N-methyl/N-ethyl adjacent to an activating group) is 1. The lowest BCUT2D eigenvalue weighted by Gasteiger charge is -2.09. The largest absolute Gasteiger partial charge is 0.323 e. The number of carbonyl (C=O) groups is 1. The molecule has 0 fully saturated rings. The van der Waals surface area contributed by atoms with Gasteiger partial charge in [-0.25, -0.2) is 0 Å². The van der Waals surface area contributed by atoms with Crippen molar-refractivity contribution in [3.05, 3.63) is 12.4 Å². The highest BCUT2D eigenvalue weighted by Gasteiger charge is 2.12. The van der Waals surface area contributed by atoms with Gasteiger partial charge in [-0.2, -0.15) is 16.9 Å². The van der Waals surface area contributed by atoms with Crippen LogP contribution >= 0.6 is 11.8 Å². The van der Waals surface area contributed by atoms with Crippen LogP contribution in [0.4, 0.5) is 5.69 Å². The van der Waals surface area contributed by atoms with E-state index < -0.39 is 0 Å². The highest BCUT2D eigenvalue weighted by molar-refractivity contribution is 7.98. The average molecular weight is 270 g/mol. The van der Waals surface area contributed by atoms with Crippen LogP contribution in [0.2, 0.25) is 0 Å². The molecule has 0 bridgehead atoms. The molecule has 0 aliphatic carbocycles. The number of rotatable bonds is 7. The maximum atomic E-state index is 11.8. The molecule has 102 valence electrons. The van der Waals surface area contributed by atoms with Gasteiger partial charge in [0.1, 0.15) is 0 Å². The second kappa shape index (κ2) is 7.43. The van der Waals surface area contributed by atoms with Gasteiger partial charge in [-0.15, -0.1) is 0 Å². The first-order valence-electron chi connectivity index (χ1n) is 6.00. The van der Waals surface area contributed by atoms with Crippen molar-refractivity contribution < 1.29 is 4.79 Å². The molecule has 18 heavy (non-hydrogen) atoms. The Hall–Kier alpha value is -1.01. The third kappa shape index (κ3) is 5.10. The molecule has 0 aromatic carbocycles. The number of aromatic nitrogens is 2. The Labute approximate surface area is 113 Å². The molecule has 1 aromatic heterocycles. The Morgan fingerprint density at radius 1 is 1.61 bits per heavy atom. The summed E-state index contributed by atoms with van der Waals surface area (Å²) < 4.78 is 1.84. The standard InChI is InChI=1S/C12H22N4OS/c1-10(9-18-4)12(17)14-11-7-13-16(8-11)6-5-15(2)3/h7-8,10H,5-6,9H2,1-4H3,(H,14,17). The molecule has 0 spiro atoms. The van der Waals surface area contributed by atoms with Crippen LogP contribution in [0.1, 0.15) is 6.92 Å². The Morgan fingerprint density at radius 3 is 2.94 bits per heavy atom. The van der Waals surface area contributed by atoms with E-state index in [1.165, 1.54) is 0 Å². The van der Waals surface area contributed by atoms with Gasteiger partial charge in [0.2, 0.25) is 5.91 Å². The predicted molar refractivity (Wildman–Crippen MR) is 77.0 cm³/mol. The summed E-state index contributed by atoms with van der Waals surface area (Å²) in [5.41, 5.74) is 0.770. The minimum atomic E-state index is 0.0186. The molecule has 0 aliphatic heterocycles. The molecular weight excluding hydrogens is 248 g/mol. The quantitative estimate of drug-likeness (QED) is 0.813. The van der Waals surface area contributed by atoms with E-state index in [2.05, 4.69) is 15.3 Å². The van der Waals surface area contributed by atoms with E-state index in [0.717, 1.165) is 24.5 Å². The Morgan fingerprint density at radius 2 is 2.33 bits per heavy atom. The molecule has 1 amide bonds. The molecular formula is C12H22N4OS. The zero-order valence-electron chi connectivity index (χ0n) is 11.5. The van der Waals surface area contributed by atoms with E-state index in [0.29, 0.717) is 0 Å². The van der Waals surface area contributed by atoms with Crippen LogP contribution in [0.3, 0.4) is 0 Å². The lowest BCUT2D eigenvalue weighted by atomic mass is 10.2. The summed E-state index contributed by atoms with van der Waals surface area (Å²) in [6.45, 7) is 3.68. The molecule has 0 saturated heterocycles. The number of thioether (sulfide) groups is 1. The summed E-state index contributed by atoms with van der Waals surface area (Å²) >= 11 is 1.68. The van der Waals surface area contributed by atoms with Gasteiger partial charge in [0, 0.05) is 24.4 Å². The smallest absolute Gasteiger partial charge is 0.228 e. The second-order valence-electron chi connectivity index (χ2n) is 4.64. The van der Waals surface area contributed by atoms with Crippen LogP contribution in [-0.2, 0) is 11.3 Å². The number of hydrogen-bond donors (Lipinski definition) is 1. The molecule has 6 heteroatoms. The van der Waals surface area contributed by atoms with E-state index in [1.54, 1.807) is 18.0 Å². The van der Waals surface area contributed by atoms with Gasteiger partial charge in [-0.3, -0.25) is 9.48 Å². The summed E-state index contributed by atoms with van der Waals surface area (Å²) in [6, 6.07) is 0. The lowest BCUT2D eigenvalue weighted by molar-refractivity contribution is -0.118. The SMILES string of the molecule is CSCC(C)C(=O)Nc1cnn(CCN(C)C)c1. The number of amides is 1. The summed E-state index contributed by atoms with van der Waals surface area (Å²) in [7, 11) is 4.05. The zero-order valence-corrected chi connectivity index (χ0v) is 12.3. The normalized spacial score (nSPS) is 12.7. The molecule has 1 N–H and O–H groups in total. The summed E-state index contributed by atoms with van der Waals surface area (Å²) in [4.78, 5) is 13.9. The fourth-order valence-electron chi connectivity index (χ4n) is 1.44. The van der Waals surface area contributed by atoms with Gasteiger partial charge < -0.3 is 10.2 Å². The van der Waals surface area contributed by atoms with Crippen molar-refractivity contribution in [1.29, 1.82) is 0 Å². The molecule has 1 atom stereocenters. The molecule has 0 saturated carbocycles. The van der Waals surface area contributed by atoms with E-state index in [4.69, 9.17) is 0 Å². The molecule has 0 radical (unpaired) electrons. The molecule has 1 heterocycles. The van der Waals surface area contributed by atoms with Crippen LogP contribution in [0.15, 0.2) is 12.4 Å². The summed E-state index contributed by atoms with van der Waals surface area (Å²) in [6.07, 6.45) is 5.57. The topological polar surface area (TPSA) is 50.2 Å². The monoisotopic (exact) mass is 270 g/mol. The van der Waals surface area contributed by atoms with Gasteiger partial charge in [0.05, 0.1) is 18.4 Å². The lowest BCUT2D eigenvalue weighted by Crippen LogP contribution is -2.22. The zero-order chi connectivity index (χ0) is 13.5. The molecule has 5 nitrogen and oxygen atoms in total. The maximum absolute atomic E-state index is 11.8. The van der Waals surface area contributed by atoms with Crippen molar-refractivity contribution in [1.82, 2.24) is 14.7 Å². The summed E-state index contributed by atoms with van der Waals surface area (Å²) in [5, 5.41) is 7.10. The van der Waals surface area contributed by atoms with Gasteiger partial charge in [-0.1, -0.05) is 6.92 Å². The van der Waals surface area contributed by atoms with Crippen molar-refractivity contribution in [2.24, 2.45) is 5.92 Å². The van der Waals surface area contributed by atoms with E-state index in [1.807, 2.05) is 38.2 Å². The van der Waals surface area contributed by atoms with Crippen LogP contribution < -0.4 is 5.32 Å². The summed E-state index contributed by atoms with van der Waals surface area (Å²) in [5.74, 6) is 0.905. The second-order valence-corrected chi connectivity index (χ2v) is 5.55. The first-order valence-corrected chi connectivity index (χ1v) is 7.39. The van der Waals surface area contributed by atoms with E-state index >= 15 is 0 Å². The number of anilines is 1. The van der Waals surface area contributed by atoms with Crippen molar-refractivity contribution in [2.45, 2.75) is 13.5 Å². The third-order valence-electron chi connectivity index (χ3n) is 2.54. The predicted octanol–water partition coefficient (Wildman–Crippen LogP) is 1.38. The Balaban J connectivity index is 2.45. The van der Waals surface area contributed by atoms with Crippen molar-refractivity contribution >= 4 is 23.4 Å². The maximum Gasteiger partial charge on any atom is 0.228 e. The Kier molecular flexibility index (Phi) is 6.21. The van der Waals surface area contributed by atoms with Crippen molar-refractivity contribution in [2.75, 3.05) is 38.0 Å². The van der Waals surface area contributed by atoms with Crippen LogP contribution in [0, 0.1) is 5.92 Å². The molecule has 1 aromatic rings. The van der Waals surface area contributed by atoms with Crippen LogP contribution in [0.5, 0.6) is 0 Å². The van der Waals surface area contributed by atoms with Crippen molar-refractivity contribution in [3.63, 3.8) is 0 Å². The van der Waals surface area contributed by atoms with E-state index in [-0.39, 0.29) is 11.8 Å². The first-order chi connectivity index (χ1) is 8.52. The third-order valence-corrected chi connectivity index (χ3v) is 3.37. The number of nitrogens with one attached hydrogen (secondary N) is 1. The fourth-order valence-corrected chi connectivity index (χ4v) is 2.10. The average Bonchev–Trinajstić information content (AvgIpc) is 2.74. The fraction of sp³-hybridized carbons (Fsp3) is 0.667. The first kappa shape index (κ1) is 15.0. The van der Waals surface area contributed by atoms with Gasteiger partial charge in [0.25, 0.3) is 0 Å². The van der Waals surface area contributed by atoms with Gasteiger partial charge in [-0.05, 0) is 20.4 Å². The number of hydrogen-bond acceptors (Lipinski definition) is 4. The number of nitrogens with zero attached hydrogens (tertiary/aromatic N) is 3. The van der Waals surface area contributed by atoms with Crippen LogP contribution in [0.25, 0.3) is 0 Å². The highest BCUT2D eigenvalue weighted by atomic mass is 32.2.